The van der Waals surface area contributed by atoms with E-state index in [0.717, 1.165) is 28.2 Å². The maximum absolute atomic E-state index is 12.5. The monoisotopic (exact) mass is 442 g/mol. The zero-order chi connectivity index (χ0) is 23.6. The fourth-order valence-electron chi connectivity index (χ4n) is 2.99. The third-order valence-electron chi connectivity index (χ3n) is 4.78. The lowest BCUT2D eigenvalue weighted by Gasteiger charge is -2.11. The molecule has 0 aliphatic carbocycles. The van der Waals surface area contributed by atoms with E-state index in [1.54, 1.807) is 32.4 Å². The number of hydrogen-bond donors (Lipinski definition) is 2. The van der Waals surface area contributed by atoms with Gasteiger partial charge in [-0.15, -0.1) is 0 Å². The molecule has 0 radical (unpaired) electrons. The molecule has 0 bridgehead atoms. The molecule has 33 heavy (non-hydrogen) atoms. The normalized spacial score (nSPS) is 10.9. The quantitative estimate of drug-likeness (QED) is 0.463. The van der Waals surface area contributed by atoms with Crippen molar-refractivity contribution in [3.63, 3.8) is 0 Å². The van der Waals surface area contributed by atoms with Crippen molar-refractivity contribution in [1.29, 1.82) is 0 Å². The van der Waals surface area contributed by atoms with Crippen molar-refractivity contribution < 1.29 is 19.1 Å². The van der Waals surface area contributed by atoms with Crippen LogP contribution in [0.5, 0.6) is 11.5 Å². The topological polar surface area (TPSA) is 76.7 Å². The fourth-order valence-corrected chi connectivity index (χ4v) is 2.99. The number of carbonyl (C=O) groups excluding carboxylic acids is 2. The number of hydrogen-bond acceptors (Lipinski definition) is 4. The van der Waals surface area contributed by atoms with Crippen molar-refractivity contribution >= 4 is 35.3 Å². The van der Waals surface area contributed by atoms with E-state index in [4.69, 9.17) is 9.47 Å². The second-order valence-corrected chi connectivity index (χ2v) is 7.24. The minimum Gasteiger partial charge on any atom is -0.497 e. The first-order chi connectivity index (χ1) is 16.0. The molecule has 0 atom stereocenters. The Labute approximate surface area is 193 Å². The smallest absolute Gasteiger partial charge is 0.248 e. The molecule has 0 aliphatic rings. The standard InChI is InChI=1S/C27H26N2O4/c1-19-4-15-24(28-26(30)16-9-20-5-11-22(32-2)12-6-20)25(18-19)29-27(31)17-10-21-7-13-23(33-3)14-8-21/h4-18H,1-3H3,(H,28,30)(H,29,31)/b16-9-,17-10+. The summed E-state index contributed by atoms with van der Waals surface area (Å²) in [5, 5.41) is 5.65. The van der Waals surface area contributed by atoms with Crippen LogP contribution in [-0.4, -0.2) is 26.0 Å². The van der Waals surface area contributed by atoms with Crippen LogP contribution in [0.25, 0.3) is 12.2 Å². The molecule has 168 valence electrons. The Morgan fingerprint density at radius 1 is 0.667 bits per heavy atom. The van der Waals surface area contributed by atoms with Crippen molar-refractivity contribution in [1.82, 2.24) is 0 Å². The largest absolute Gasteiger partial charge is 0.497 e. The van der Waals surface area contributed by atoms with E-state index in [1.807, 2.05) is 67.6 Å². The number of benzene rings is 3. The lowest BCUT2D eigenvalue weighted by Crippen LogP contribution is -2.13. The summed E-state index contributed by atoms with van der Waals surface area (Å²) in [6, 6.07) is 20.2. The summed E-state index contributed by atoms with van der Waals surface area (Å²) < 4.78 is 10.3. The highest BCUT2D eigenvalue weighted by Crippen LogP contribution is 2.23. The van der Waals surface area contributed by atoms with Crippen molar-refractivity contribution in [2.45, 2.75) is 6.92 Å². The maximum atomic E-state index is 12.5. The van der Waals surface area contributed by atoms with E-state index in [2.05, 4.69) is 10.6 Å². The minimum absolute atomic E-state index is 0.305. The Balaban J connectivity index is 1.66. The van der Waals surface area contributed by atoms with E-state index in [9.17, 15) is 9.59 Å². The molecule has 0 heterocycles. The van der Waals surface area contributed by atoms with Gasteiger partial charge in [-0.05, 0) is 72.2 Å². The number of nitrogens with one attached hydrogen (secondary N) is 2. The van der Waals surface area contributed by atoms with Crippen LogP contribution in [-0.2, 0) is 9.59 Å². The van der Waals surface area contributed by atoms with Gasteiger partial charge in [-0.25, -0.2) is 0 Å². The Bertz CT molecular complexity index is 1160. The minimum atomic E-state index is -0.307. The van der Waals surface area contributed by atoms with Crippen molar-refractivity contribution in [3.05, 3.63) is 95.6 Å². The fraction of sp³-hybridized carbons (Fsp3) is 0.111. The van der Waals surface area contributed by atoms with Gasteiger partial charge in [0.05, 0.1) is 25.6 Å². The van der Waals surface area contributed by atoms with Crippen LogP contribution >= 0.6 is 0 Å². The number of rotatable bonds is 8. The highest BCUT2D eigenvalue weighted by molar-refractivity contribution is 6.08. The first-order valence-corrected chi connectivity index (χ1v) is 10.3. The summed E-state index contributed by atoms with van der Waals surface area (Å²) >= 11 is 0. The van der Waals surface area contributed by atoms with Gasteiger partial charge < -0.3 is 20.1 Å². The van der Waals surface area contributed by atoms with Crippen molar-refractivity contribution in [2.75, 3.05) is 24.9 Å². The molecular weight excluding hydrogens is 416 g/mol. The van der Waals surface area contributed by atoms with Crippen molar-refractivity contribution in [2.24, 2.45) is 0 Å². The summed E-state index contributed by atoms with van der Waals surface area (Å²) in [7, 11) is 3.20. The zero-order valence-electron chi connectivity index (χ0n) is 18.8. The van der Waals surface area contributed by atoms with Crippen LogP contribution in [0.2, 0.25) is 0 Å². The SMILES string of the molecule is COc1ccc(/C=C\C(=O)Nc2ccc(C)cc2NC(=O)/C=C/c2ccc(OC)cc2)cc1. The summed E-state index contributed by atoms with van der Waals surface area (Å²) in [6.07, 6.45) is 6.30. The second kappa shape index (κ2) is 11.3. The van der Waals surface area contributed by atoms with Crippen LogP contribution < -0.4 is 20.1 Å². The predicted octanol–water partition coefficient (Wildman–Crippen LogP) is 5.32. The van der Waals surface area contributed by atoms with Crippen LogP contribution in [0.15, 0.2) is 78.9 Å². The average molecular weight is 443 g/mol. The maximum Gasteiger partial charge on any atom is 0.248 e. The van der Waals surface area contributed by atoms with E-state index in [-0.39, 0.29) is 11.8 Å². The molecule has 0 saturated heterocycles. The molecule has 6 nitrogen and oxygen atoms in total. The first-order valence-electron chi connectivity index (χ1n) is 10.3. The molecule has 0 unspecified atom stereocenters. The van der Waals surface area contributed by atoms with Crippen molar-refractivity contribution in [3.8, 4) is 11.5 Å². The highest BCUT2D eigenvalue weighted by Gasteiger charge is 2.08. The summed E-state index contributed by atoms with van der Waals surface area (Å²) in [5.41, 5.74) is 3.72. The number of carbonyl (C=O) groups is 2. The average Bonchev–Trinajstić information content (AvgIpc) is 2.83. The van der Waals surface area contributed by atoms with Gasteiger partial charge in [-0.2, -0.15) is 0 Å². The molecule has 3 aromatic rings. The van der Waals surface area contributed by atoms with Crippen LogP contribution in [0.3, 0.4) is 0 Å². The number of ether oxygens (including phenoxy) is 2. The lowest BCUT2D eigenvalue weighted by molar-refractivity contribution is -0.112. The molecule has 2 N–H and O–H groups in total. The molecule has 0 aliphatic heterocycles. The molecular formula is C27H26N2O4. The molecule has 6 heteroatoms. The molecule has 3 rings (SSSR count). The predicted molar refractivity (Wildman–Crippen MR) is 132 cm³/mol. The lowest BCUT2D eigenvalue weighted by atomic mass is 10.1. The molecule has 0 fully saturated rings. The van der Waals surface area contributed by atoms with Crippen LogP contribution in [0.1, 0.15) is 16.7 Å². The van der Waals surface area contributed by atoms with Gasteiger partial charge in [0.2, 0.25) is 11.8 Å². The number of aryl methyl sites for hydroxylation is 1. The highest BCUT2D eigenvalue weighted by atomic mass is 16.5. The Kier molecular flexibility index (Phi) is 8.02. The van der Waals surface area contributed by atoms with Crippen LogP contribution in [0.4, 0.5) is 11.4 Å². The van der Waals surface area contributed by atoms with E-state index >= 15 is 0 Å². The first kappa shape index (κ1) is 23.3. The Morgan fingerprint density at radius 3 is 1.58 bits per heavy atom. The molecule has 3 aromatic carbocycles. The summed E-state index contributed by atoms with van der Waals surface area (Å²) in [4.78, 5) is 24.9. The number of amides is 2. The molecule has 0 aromatic heterocycles. The summed E-state index contributed by atoms with van der Waals surface area (Å²) in [5.74, 6) is 0.884. The van der Waals surface area contributed by atoms with Gasteiger partial charge in [-0.3, -0.25) is 9.59 Å². The summed E-state index contributed by atoms with van der Waals surface area (Å²) in [6.45, 7) is 1.91. The van der Waals surface area contributed by atoms with E-state index < -0.39 is 0 Å². The Morgan fingerprint density at radius 2 is 1.12 bits per heavy atom. The second-order valence-electron chi connectivity index (χ2n) is 7.24. The van der Waals surface area contributed by atoms with Gasteiger partial charge in [-0.1, -0.05) is 30.3 Å². The third-order valence-corrected chi connectivity index (χ3v) is 4.78. The van der Waals surface area contributed by atoms with Gasteiger partial charge in [0.25, 0.3) is 0 Å². The molecule has 2 amide bonds. The van der Waals surface area contributed by atoms with E-state index in [0.29, 0.717) is 11.4 Å². The molecule has 0 saturated carbocycles. The zero-order valence-corrected chi connectivity index (χ0v) is 18.8. The van der Waals surface area contributed by atoms with Gasteiger partial charge in [0.15, 0.2) is 0 Å². The molecule has 0 spiro atoms. The number of methoxy groups -OCH3 is 2. The van der Waals surface area contributed by atoms with Gasteiger partial charge in [0, 0.05) is 12.2 Å². The Hall–Kier alpha value is -4.32. The van der Waals surface area contributed by atoms with E-state index in [1.165, 1.54) is 12.2 Å². The van der Waals surface area contributed by atoms with Gasteiger partial charge >= 0.3 is 0 Å². The number of anilines is 2. The van der Waals surface area contributed by atoms with Crippen LogP contribution in [0, 0.1) is 6.92 Å². The third kappa shape index (κ3) is 7.11. The van der Waals surface area contributed by atoms with Gasteiger partial charge in [0.1, 0.15) is 11.5 Å².